The van der Waals surface area contributed by atoms with Gasteiger partial charge in [0, 0.05) is 13.8 Å². The highest BCUT2D eigenvalue weighted by molar-refractivity contribution is 5.66. The van der Waals surface area contributed by atoms with E-state index in [0.29, 0.717) is 0 Å². The van der Waals surface area contributed by atoms with Crippen LogP contribution in [0.15, 0.2) is 24.3 Å². The van der Waals surface area contributed by atoms with Crippen LogP contribution >= 0.6 is 0 Å². The predicted molar refractivity (Wildman–Crippen MR) is 80.1 cm³/mol. The van der Waals surface area contributed by atoms with Gasteiger partial charge in [-0.05, 0) is 11.1 Å². The molecule has 0 saturated carbocycles. The van der Waals surface area contributed by atoms with Gasteiger partial charge in [0.25, 0.3) is 0 Å². The Kier molecular flexibility index (Phi) is 13.9. The topological polar surface area (TPSA) is 52.6 Å². The van der Waals surface area contributed by atoms with Crippen molar-refractivity contribution in [2.75, 3.05) is 0 Å². The Morgan fingerprint density at radius 2 is 1.00 bits per heavy atom. The number of carbonyl (C=O) groups excluding carboxylic acids is 2. The van der Waals surface area contributed by atoms with E-state index in [0.717, 1.165) is 11.1 Å². The fraction of sp³-hybridized carbons (Fsp3) is 0.500. The lowest BCUT2D eigenvalue weighted by Gasteiger charge is -2.04. The molecule has 0 radical (unpaired) electrons. The van der Waals surface area contributed by atoms with E-state index in [1.807, 2.05) is 52.0 Å². The van der Waals surface area contributed by atoms with E-state index in [2.05, 4.69) is 0 Å². The molecular weight excluding hydrogens is 256 g/mol. The summed E-state index contributed by atoms with van der Waals surface area (Å²) in [5, 5.41) is 0. The van der Waals surface area contributed by atoms with Gasteiger partial charge in [0.2, 0.25) is 0 Å². The first-order chi connectivity index (χ1) is 9.58. The molecule has 4 heteroatoms. The first-order valence-corrected chi connectivity index (χ1v) is 6.92. The van der Waals surface area contributed by atoms with Crippen molar-refractivity contribution < 1.29 is 19.1 Å². The van der Waals surface area contributed by atoms with Crippen LogP contribution in [0, 0.1) is 0 Å². The van der Waals surface area contributed by atoms with Crippen molar-refractivity contribution in [3.8, 4) is 0 Å². The maximum atomic E-state index is 10.6. The van der Waals surface area contributed by atoms with E-state index >= 15 is 0 Å². The van der Waals surface area contributed by atoms with Gasteiger partial charge < -0.3 is 9.47 Å². The van der Waals surface area contributed by atoms with E-state index in [4.69, 9.17) is 9.47 Å². The zero-order chi connectivity index (χ0) is 16.0. The highest BCUT2D eigenvalue weighted by atomic mass is 16.5. The zero-order valence-corrected chi connectivity index (χ0v) is 13.4. The molecule has 0 saturated heterocycles. The van der Waals surface area contributed by atoms with Crippen LogP contribution in [0.2, 0.25) is 0 Å². The molecule has 0 spiro atoms. The Labute approximate surface area is 122 Å². The summed E-state index contributed by atoms with van der Waals surface area (Å²) in [5.41, 5.74) is 1.81. The molecule has 1 rings (SSSR count). The molecule has 4 nitrogen and oxygen atoms in total. The van der Waals surface area contributed by atoms with Gasteiger partial charge in [0.15, 0.2) is 0 Å². The molecule has 114 valence electrons. The van der Waals surface area contributed by atoms with Gasteiger partial charge in [-0.15, -0.1) is 0 Å². The Balaban J connectivity index is 0. The Hall–Kier alpha value is -1.84. The Bertz CT molecular complexity index is 332. The molecule has 0 aliphatic carbocycles. The fourth-order valence-corrected chi connectivity index (χ4v) is 1.10. The maximum Gasteiger partial charge on any atom is 0.302 e. The van der Waals surface area contributed by atoms with Crippen LogP contribution < -0.4 is 0 Å². The average Bonchev–Trinajstić information content (AvgIpc) is 2.48. The molecule has 0 fully saturated rings. The van der Waals surface area contributed by atoms with E-state index in [9.17, 15) is 9.59 Å². The summed E-state index contributed by atoms with van der Waals surface area (Å²) in [5.74, 6) is -0.604. The summed E-state index contributed by atoms with van der Waals surface area (Å²) in [6.07, 6.45) is 0. The minimum Gasteiger partial charge on any atom is -0.461 e. The van der Waals surface area contributed by atoms with E-state index in [-0.39, 0.29) is 25.2 Å². The SMILES string of the molecule is CC.CC.CC(=O)OCc1ccc(COC(C)=O)cc1. The van der Waals surface area contributed by atoms with Crippen molar-refractivity contribution in [2.24, 2.45) is 0 Å². The molecule has 20 heavy (non-hydrogen) atoms. The van der Waals surface area contributed by atoms with Gasteiger partial charge in [0.1, 0.15) is 13.2 Å². The number of esters is 2. The maximum absolute atomic E-state index is 10.6. The lowest BCUT2D eigenvalue weighted by Crippen LogP contribution is -2.00. The van der Waals surface area contributed by atoms with Crippen LogP contribution in [-0.4, -0.2) is 11.9 Å². The number of benzene rings is 1. The van der Waals surface area contributed by atoms with Crippen LogP contribution in [0.3, 0.4) is 0 Å². The smallest absolute Gasteiger partial charge is 0.302 e. The Morgan fingerprint density at radius 1 is 0.750 bits per heavy atom. The van der Waals surface area contributed by atoms with Crippen LogP contribution in [0.1, 0.15) is 52.7 Å². The summed E-state index contributed by atoms with van der Waals surface area (Å²) in [6.45, 7) is 11.3. The Morgan fingerprint density at radius 3 is 1.20 bits per heavy atom. The number of ether oxygens (including phenoxy) is 2. The van der Waals surface area contributed by atoms with Gasteiger partial charge in [-0.2, -0.15) is 0 Å². The van der Waals surface area contributed by atoms with Gasteiger partial charge in [-0.25, -0.2) is 0 Å². The van der Waals surface area contributed by atoms with E-state index < -0.39 is 0 Å². The van der Waals surface area contributed by atoms with Gasteiger partial charge in [-0.3, -0.25) is 9.59 Å². The second-order valence-corrected chi connectivity index (χ2v) is 3.38. The minimum atomic E-state index is -0.302. The van der Waals surface area contributed by atoms with Crippen LogP contribution in [-0.2, 0) is 32.3 Å². The molecule has 0 aliphatic heterocycles. The minimum absolute atomic E-state index is 0.267. The number of rotatable bonds is 4. The monoisotopic (exact) mass is 282 g/mol. The van der Waals surface area contributed by atoms with Gasteiger partial charge >= 0.3 is 11.9 Å². The lowest BCUT2D eigenvalue weighted by molar-refractivity contribution is -0.143. The van der Waals surface area contributed by atoms with Crippen LogP contribution in [0.25, 0.3) is 0 Å². The number of hydrogen-bond donors (Lipinski definition) is 0. The third kappa shape index (κ3) is 11.3. The van der Waals surface area contributed by atoms with E-state index in [1.165, 1.54) is 13.8 Å². The largest absolute Gasteiger partial charge is 0.461 e. The summed E-state index contributed by atoms with van der Waals surface area (Å²) in [6, 6.07) is 7.34. The molecule has 0 bridgehead atoms. The molecule has 1 aromatic carbocycles. The summed E-state index contributed by atoms with van der Waals surface area (Å²) in [7, 11) is 0. The first-order valence-electron chi connectivity index (χ1n) is 6.92. The highest BCUT2D eigenvalue weighted by Gasteiger charge is 1.99. The molecular formula is C16H26O4. The van der Waals surface area contributed by atoms with Crippen molar-refractivity contribution in [3.05, 3.63) is 35.4 Å². The number of hydrogen-bond acceptors (Lipinski definition) is 4. The van der Waals surface area contributed by atoms with Crippen molar-refractivity contribution >= 4 is 11.9 Å². The standard InChI is InChI=1S/C12H14O4.2C2H6/c1-9(13)15-7-11-3-5-12(6-4-11)8-16-10(2)14;2*1-2/h3-6H,7-8H2,1-2H3;2*1-2H3. The van der Waals surface area contributed by atoms with Crippen molar-refractivity contribution in [1.82, 2.24) is 0 Å². The molecule has 0 atom stereocenters. The average molecular weight is 282 g/mol. The predicted octanol–water partition coefficient (Wildman–Crippen LogP) is 3.87. The summed E-state index contributed by atoms with van der Waals surface area (Å²) in [4.78, 5) is 21.2. The molecule has 0 unspecified atom stereocenters. The van der Waals surface area contributed by atoms with Crippen molar-refractivity contribution in [2.45, 2.75) is 54.8 Å². The quantitative estimate of drug-likeness (QED) is 0.787. The molecule has 0 heterocycles. The second kappa shape index (κ2) is 13.6. The first kappa shape index (κ1) is 20.5. The fourth-order valence-electron chi connectivity index (χ4n) is 1.10. The zero-order valence-electron chi connectivity index (χ0n) is 13.4. The molecule has 0 aliphatic rings. The third-order valence-corrected chi connectivity index (χ3v) is 1.91. The van der Waals surface area contributed by atoms with E-state index in [1.54, 1.807) is 0 Å². The van der Waals surface area contributed by atoms with Crippen LogP contribution in [0.5, 0.6) is 0 Å². The molecule has 0 aromatic heterocycles. The third-order valence-electron chi connectivity index (χ3n) is 1.91. The summed E-state index contributed by atoms with van der Waals surface area (Å²) >= 11 is 0. The highest BCUT2D eigenvalue weighted by Crippen LogP contribution is 2.07. The van der Waals surface area contributed by atoms with Gasteiger partial charge in [-0.1, -0.05) is 52.0 Å². The molecule has 1 aromatic rings. The second-order valence-electron chi connectivity index (χ2n) is 3.38. The summed E-state index contributed by atoms with van der Waals surface area (Å²) < 4.78 is 9.68. The lowest BCUT2D eigenvalue weighted by atomic mass is 10.1. The number of carbonyl (C=O) groups is 2. The van der Waals surface area contributed by atoms with Crippen molar-refractivity contribution in [1.29, 1.82) is 0 Å². The molecule has 0 amide bonds. The van der Waals surface area contributed by atoms with Crippen molar-refractivity contribution in [3.63, 3.8) is 0 Å². The van der Waals surface area contributed by atoms with Crippen LogP contribution in [0.4, 0.5) is 0 Å². The van der Waals surface area contributed by atoms with Gasteiger partial charge in [0.05, 0.1) is 0 Å². The molecule has 0 N–H and O–H groups in total. The normalized spacial score (nSPS) is 8.30.